The highest BCUT2D eigenvalue weighted by Crippen LogP contribution is 2.21. The molecule has 2 heterocycles. The van der Waals surface area contributed by atoms with E-state index in [1.807, 2.05) is 12.1 Å². The first-order valence-corrected chi connectivity index (χ1v) is 6.57. The zero-order chi connectivity index (χ0) is 12.5. The first-order valence-electron chi connectivity index (χ1n) is 5.38. The van der Waals surface area contributed by atoms with E-state index in [4.69, 9.17) is 21.0 Å². The van der Waals surface area contributed by atoms with Crippen LogP contribution in [0.4, 0.5) is 0 Å². The van der Waals surface area contributed by atoms with Crippen molar-refractivity contribution in [1.82, 2.24) is 4.98 Å². The molecule has 7 heteroatoms. The van der Waals surface area contributed by atoms with Crippen LogP contribution in [0.1, 0.15) is 10.4 Å². The van der Waals surface area contributed by atoms with Crippen molar-refractivity contribution < 1.29 is 14.4 Å². The number of fused-ring (bicyclic) bond motifs is 1. The summed E-state index contributed by atoms with van der Waals surface area (Å²) in [5.41, 5.74) is 1.77. The molecule has 0 bridgehead atoms. The van der Waals surface area contributed by atoms with Crippen molar-refractivity contribution in [1.29, 1.82) is 0 Å². The van der Waals surface area contributed by atoms with Crippen molar-refractivity contribution in [3.8, 4) is 5.75 Å². The second kappa shape index (κ2) is 4.89. The minimum absolute atomic E-state index is 0.417. The number of benzene rings is 1. The molecule has 3 rings (SSSR count). The zero-order valence-corrected chi connectivity index (χ0v) is 10.9. The van der Waals surface area contributed by atoms with E-state index in [1.54, 1.807) is 12.3 Å². The van der Waals surface area contributed by atoms with E-state index < -0.39 is 7.12 Å². The van der Waals surface area contributed by atoms with Crippen molar-refractivity contribution in [3.63, 3.8) is 0 Å². The molecule has 2 aromatic rings. The van der Waals surface area contributed by atoms with Gasteiger partial charge in [0.05, 0.1) is 11.5 Å². The van der Waals surface area contributed by atoms with Crippen molar-refractivity contribution in [2.45, 2.75) is 13.2 Å². The molecule has 0 amide bonds. The van der Waals surface area contributed by atoms with Crippen molar-refractivity contribution in [2.75, 3.05) is 0 Å². The summed E-state index contributed by atoms with van der Waals surface area (Å²) in [4.78, 5) is 4.90. The molecule has 1 aromatic heterocycles. The highest BCUT2D eigenvalue weighted by Gasteiger charge is 2.27. The highest BCUT2D eigenvalue weighted by molar-refractivity contribution is 7.15. The fourth-order valence-electron chi connectivity index (χ4n) is 1.79. The van der Waals surface area contributed by atoms with Gasteiger partial charge in [0.2, 0.25) is 0 Å². The molecule has 0 saturated carbocycles. The van der Waals surface area contributed by atoms with Crippen LogP contribution in [-0.2, 0) is 17.9 Å². The quantitative estimate of drug-likeness (QED) is 0.868. The van der Waals surface area contributed by atoms with E-state index in [9.17, 15) is 5.02 Å². The first-order chi connectivity index (χ1) is 8.72. The molecule has 18 heavy (non-hydrogen) atoms. The Morgan fingerprint density at radius 1 is 1.56 bits per heavy atom. The Labute approximate surface area is 113 Å². The third-order valence-corrected chi connectivity index (χ3v) is 3.77. The number of halogens is 1. The molecule has 0 saturated heterocycles. The number of thiazole rings is 1. The fraction of sp³-hybridized carbons (Fsp3) is 0.182. The Kier molecular flexibility index (Phi) is 3.26. The van der Waals surface area contributed by atoms with Gasteiger partial charge in [0.25, 0.3) is 0 Å². The molecule has 1 N–H and O–H groups in total. The number of ether oxygens (including phenoxy) is 1. The summed E-state index contributed by atoms with van der Waals surface area (Å²) in [6, 6.07) is 5.57. The van der Waals surface area contributed by atoms with Crippen LogP contribution in [0.2, 0.25) is 4.47 Å². The van der Waals surface area contributed by atoms with Crippen LogP contribution in [0.15, 0.2) is 24.4 Å². The third kappa shape index (κ3) is 2.37. The number of nitrogens with zero attached hydrogens (tertiary/aromatic N) is 1. The maximum absolute atomic E-state index is 9.59. The first kappa shape index (κ1) is 12.0. The summed E-state index contributed by atoms with van der Waals surface area (Å²) < 4.78 is 11.2. The van der Waals surface area contributed by atoms with Gasteiger partial charge in [-0.3, -0.25) is 0 Å². The number of rotatable bonds is 3. The molecule has 4 nitrogen and oxygen atoms in total. The standard InChI is InChI=1S/C11H9BClNO3S/c13-11-14-4-9(18-11)6-16-8-2-1-7-5-17-12(15)10(7)3-8/h1-4,15H,5-6H2. The van der Waals surface area contributed by atoms with E-state index in [0.717, 1.165) is 15.9 Å². The Hall–Kier alpha value is -1.08. The van der Waals surface area contributed by atoms with Gasteiger partial charge in [-0.25, -0.2) is 4.98 Å². The molecule has 1 aliphatic heterocycles. The maximum atomic E-state index is 9.59. The molecular weight excluding hydrogens is 272 g/mol. The van der Waals surface area contributed by atoms with Gasteiger partial charge in [-0.1, -0.05) is 17.7 Å². The average molecular weight is 282 g/mol. The molecule has 1 aromatic carbocycles. The van der Waals surface area contributed by atoms with E-state index in [1.165, 1.54) is 11.3 Å². The molecule has 92 valence electrons. The van der Waals surface area contributed by atoms with Gasteiger partial charge in [0.1, 0.15) is 12.4 Å². The van der Waals surface area contributed by atoms with Crippen LogP contribution in [0, 0.1) is 0 Å². The summed E-state index contributed by atoms with van der Waals surface area (Å²) in [6.07, 6.45) is 1.69. The van der Waals surface area contributed by atoms with Crippen LogP contribution in [0.3, 0.4) is 0 Å². The lowest BCUT2D eigenvalue weighted by atomic mass is 9.79. The summed E-state index contributed by atoms with van der Waals surface area (Å²) in [7, 11) is -0.846. The molecule has 0 spiro atoms. The lowest BCUT2D eigenvalue weighted by Gasteiger charge is -2.06. The second-order valence-electron chi connectivity index (χ2n) is 3.89. The second-order valence-corrected chi connectivity index (χ2v) is 5.59. The Balaban J connectivity index is 1.72. The minimum Gasteiger partial charge on any atom is -0.488 e. The van der Waals surface area contributed by atoms with Crippen molar-refractivity contribution >= 4 is 35.5 Å². The fourth-order valence-corrected chi connectivity index (χ4v) is 2.68. The zero-order valence-electron chi connectivity index (χ0n) is 9.30. The summed E-state index contributed by atoms with van der Waals surface area (Å²) in [6.45, 7) is 0.862. The van der Waals surface area contributed by atoms with Gasteiger partial charge in [0, 0.05) is 6.20 Å². The highest BCUT2D eigenvalue weighted by atomic mass is 35.5. The summed E-state index contributed by atoms with van der Waals surface area (Å²) >= 11 is 7.13. The lowest BCUT2D eigenvalue weighted by Crippen LogP contribution is -2.27. The van der Waals surface area contributed by atoms with E-state index in [2.05, 4.69) is 4.98 Å². The molecular formula is C11H9BClNO3S. The van der Waals surface area contributed by atoms with Gasteiger partial charge in [0.15, 0.2) is 4.47 Å². The predicted octanol–water partition coefficient (Wildman–Crippen LogP) is 1.59. The molecule has 0 atom stereocenters. The number of hydrogen-bond donors (Lipinski definition) is 1. The largest absolute Gasteiger partial charge is 0.491 e. The van der Waals surface area contributed by atoms with Crippen molar-refractivity contribution in [3.05, 3.63) is 39.3 Å². The van der Waals surface area contributed by atoms with Gasteiger partial charge in [-0.2, -0.15) is 0 Å². The SMILES string of the molecule is OB1OCc2ccc(OCc3cnc(Cl)s3)cc21. The van der Waals surface area contributed by atoms with Crippen molar-refractivity contribution in [2.24, 2.45) is 0 Å². The van der Waals surface area contributed by atoms with Crippen LogP contribution in [0.25, 0.3) is 0 Å². The van der Waals surface area contributed by atoms with Gasteiger partial charge >= 0.3 is 7.12 Å². The van der Waals surface area contributed by atoms with Crippen LogP contribution >= 0.6 is 22.9 Å². The van der Waals surface area contributed by atoms with Gasteiger partial charge < -0.3 is 14.4 Å². The third-order valence-electron chi connectivity index (χ3n) is 2.69. The van der Waals surface area contributed by atoms with Crippen LogP contribution in [-0.4, -0.2) is 17.1 Å². The molecule has 0 fully saturated rings. The minimum atomic E-state index is -0.846. The number of aromatic nitrogens is 1. The monoisotopic (exact) mass is 281 g/mol. The molecule has 0 aliphatic carbocycles. The Morgan fingerprint density at radius 2 is 2.44 bits per heavy atom. The van der Waals surface area contributed by atoms with Gasteiger partial charge in [-0.15, -0.1) is 11.3 Å². The Bertz CT molecular complexity index is 577. The topological polar surface area (TPSA) is 51.6 Å². The predicted molar refractivity (Wildman–Crippen MR) is 70.3 cm³/mol. The average Bonchev–Trinajstić information content (AvgIpc) is 2.94. The lowest BCUT2D eigenvalue weighted by molar-refractivity contribution is 0.275. The molecule has 0 unspecified atom stereocenters. The molecule has 1 aliphatic rings. The smallest absolute Gasteiger partial charge is 0.488 e. The van der Waals surface area contributed by atoms with Crippen LogP contribution in [0.5, 0.6) is 5.75 Å². The summed E-state index contributed by atoms with van der Waals surface area (Å²) in [5.74, 6) is 0.697. The maximum Gasteiger partial charge on any atom is 0.491 e. The van der Waals surface area contributed by atoms with E-state index in [-0.39, 0.29) is 0 Å². The normalized spacial score (nSPS) is 13.8. The Morgan fingerprint density at radius 3 is 3.22 bits per heavy atom. The van der Waals surface area contributed by atoms with E-state index >= 15 is 0 Å². The summed E-state index contributed by atoms with van der Waals surface area (Å²) in [5, 5.41) is 9.59. The van der Waals surface area contributed by atoms with Gasteiger partial charge in [-0.05, 0) is 23.2 Å². The molecule has 0 radical (unpaired) electrons. The van der Waals surface area contributed by atoms with Crippen LogP contribution < -0.4 is 10.2 Å². The van der Waals surface area contributed by atoms with E-state index in [0.29, 0.717) is 23.4 Å². The number of hydrogen-bond acceptors (Lipinski definition) is 5.